The Morgan fingerprint density at radius 1 is 0.922 bits per heavy atom. The number of benzene rings is 4. The van der Waals surface area contributed by atoms with E-state index in [9.17, 15) is 34.8 Å². The molecule has 4 heterocycles. The van der Waals surface area contributed by atoms with E-state index in [0.29, 0.717) is 62.7 Å². The van der Waals surface area contributed by atoms with Crippen LogP contribution in [0.25, 0.3) is 5.57 Å². The van der Waals surface area contributed by atoms with E-state index in [1.165, 1.54) is 35.0 Å². The number of carbonyl (C=O) groups excluding carboxylic acids is 1. The lowest BCUT2D eigenvalue weighted by molar-refractivity contribution is -0.0435. The Morgan fingerprint density at radius 3 is 2.33 bits per heavy atom. The molecule has 1 amide bonds. The van der Waals surface area contributed by atoms with E-state index < -0.39 is 52.8 Å². The van der Waals surface area contributed by atoms with Gasteiger partial charge in [-0.15, -0.1) is 11.8 Å². The highest BCUT2D eigenvalue weighted by atomic mass is 35.5. The number of nitrogens with one attached hydrogen (secondary N) is 2. The summed E-state index contributed by atoms with van der Waals surface area (Å²) in [6.07, 6.45) is 2.34. The molecule has 3 atom stereocenters. The summed E-state index contributed by atoms with van der Waals surface area (Å²) in [6, 6.07) is 25.8. The summed E-state index contributed by atoms with van der Waals surface area (Å²) < 4.78 is 109. The Bertz CT molecular complexity index is 2540. The number of sulfonamides is 1. The van der Waals surface area contributed by atoms with Gasteiger partial charge in [-0.1, -0.05) is 41.9 Å². The molecule has 0 spiro atoms. The first-order valence-corrected chi connectivity index (χ1v) is 25.4. The molecule has 0 aromatic heterocycles. The van der Waals surface area contributed by atoms with Crippen molar-refractivity contribution in [2.45, 2.75) is 57.6 Å². The standard InChI is InChI=1S/C45H49ClF3N5O7S3/c46-34-10-6-31(7-11-34)41-17-23-60-28-33(41)26-52-19-21-53(22-20-52)36-12-8-32(9-13-36)44(55)51-64(58,59)40-14-15-42(43(25-40)63(56,57)45(47,48)49)50-35(30-62-39-4-2-1-3-5-39)16-18-54-27-38-24-37(54)29-61-38/h1-15,25,35,37-38,50H,16-24,26-30H2,(H,51,55)/t35-,37?,38?/m1/s1. The lowest BCUT2D eigenvalue weighted by Crippen LogP contribution is -2.47. The average molecular weight is 961 g/mol. The maximum atomic E-state index is 14.2. The van der Waals surface area contributed by atoms with Crippen molar-refractivity contribution in [1.82, 2.24) is 14.5 Å². The van der Waals surface area contributed by atoms with Crippen molar-refractivity contribution < 1.29 is 44.3 Å². The maximum Gasteiger partial charge on any atom is 0.501 e. The predicted octanol–water partition coefficient (Wildman–Crippen LogP) is 7.18. The quantitative estimate of drug-likeness (QED) is 0.110. The summed E-state index contributed by atoms with van der Waals surface area (Å²) in [7, 11) is -10.9. The summed E-state index contributed by atoms with van der Waals surface area (Å²) >= 11 is 7.58. The van der Waals surface area contributed by atoms with Crippen molar-refractivity contribution in [1.29, 1.82) is 0 Å². The summed E-state index contributed by atoms with van der Waals surface area (Å²) in [5.41, 5.74) is -1.65. The second kappa shape index (κ2) is 19.8. The van der Waals surface area contributed by atoms with Crippen LogP contribution in [-0.4, -0.2) is 128 Å². The number of nitrogens with zero attached hydrogens (tertiary/aromatic N) is 3. The number of amides is 1. The van der Waals surface area contributed by atoms with Crippen molar-refractivity contribution >= 4 is 66.1 Å². The molecule has 4 aliphatic heterocycles. The molecule has 4 aromatic rings. The first-order chi connectivity index (χ1) is 30.6. The molecule has 4 aliphatic rings. The van der Waals surface area contributed by atoms with Gasteiger partial charge in [0.1, 0.15) is 4.90 Å². The van der Waals surface area contributed by atoms with Crippen LogP contribution in [0.1, 0.15) is 35.2 Å². The van der Waals surface area contributed by atoms with Crippen LogP contribution in [0.4, 0.5) is 24.5 Å². The topological polar surface area (TPSA) is 138 Å². The summed E-state index contributed by atoms with van der Waals surface area (Å²) in [5.74, 6) is -0.655. The Morgan fingerprint density at radius 2 is 1.66 bits per heavy atom. The van der Waals surface area contributed by atoms with Crippen LogP contribution < -0.4 is 14.9 Å². The zero-order valence-corrected chi connectivity index (χ0v) is 38.0. The van der Waals surface area contributed by atoms with Crippen LogP contribution in [0, 0.1) is 0 Å². The van der Waals surface area contributed by atoms with E-state index in [1.807, 2.05) is 59.3 Å². The van der Waals surface area contributed by atoms with Gasteiger partial charge in [0.2, 0.25) is 0 Å². The van der Waals surface area contributed by atoms with E-state index in [0.717, 1.165) is 67.3 Å². The zero-order chi connectivity index (χ0) is 45.1. The molecule has 19 heteroatoms. The van der Waals surface area contributed by atoms with Crippen molar-refractivity contribution in [2.75, 3.05) is 81.6 Å². The molecule has 3 saturated heterocycles. The average Bonchev–Trinajstić information content (AvgIpc) is 3.92. The molecular weight excluding hydrogens is 911 g/mol. The highest BCUT2D eigenvalue weighted by molar-refractivity contribution is 7.99. The Hall–Kier alpha value is -4.14. The number of thioether (sulfide) groups is 1. The molecule has 3 fully saturated rings. The lowest BCUT2D eigenvalue weighted by atomic mass is 9.95. The van der Waals surface area contributed by atoms with Gasteiger partial charge in [-0.05, 0) is 103 Å². The highest BCUT2D eigenvalue weighted by Crippen LogP contribution is 2.37. The molecular formula is C45H49ClF3N5O7S3. The third-order valence-corrected chi connectivity index (χ3v) is 16.4. The second-order valence-corrected chi connectivity index (χ2v) is 21.5. The molecule has 12 nitrogen and oxygen atoms in total. The third-order valence-electron chi connectivity index (χ3n) is 12.1. The van der Waals surface area contributed by atoms with Crippen molar-refractivity contribution in [3.8, 4) is 0 Å². The normalized spacial score (nSPS) is 20.4. The number of hydrogen-bond donors (Lipinski definition) is 2. The number of morpholine rings is 1. The number of rotatable bonds is 16. The first-order valence-electron chi connectivity index (χ1n) is 21.1. The van der Waals surface area contributed by atoms with Gasteiger partial charge in [-0.25, -0.2) is 21.6 Å². The number of halogens is 4. The Kier molecular flexibility index (Phi) is 14.3. The van der Waals surface area contributed by atoms with E-state index in [4.69, 9.17) is 21.1 Å². The maximum absolute atomic E-state index is 14.2. The highest BCUT2D eigenvalue weighted by Gasteiger charge is 2.48. The Balaban J connectivity index is 0.930. The molecule has 2 unspecified atom stereocenters. The van der Waals surface area contributed by atoms with Crippen molar-refractivity contribution in [3.05, 3.63) is 119 Å². The zero-order valence-electron chi connectivity index (χ0n) is 34.8. The lowest BCUT2D eigenvalue weighted by Gasteiger charge is -2.37. The van der Waals surface area contributed by atoms with Gasteiger partial charge < -0.3 is 19.7 Å². The third kappa shape index (κ3) is 10.9. The van der Waals surface area contributed by atoms with Gasteiger partial charge >= 0.3 is 5.51 Å². The van der Waals surface area contributed by atoms with Crippen LogP contribution in [0.5, 0.6) is 0 Å². The molecule has 2 bridgehead atoms. The van der Waals surface area contributed by atoms with E-state index in [2.05, 4.69) is 20.0 Å². The first kappa shape index (κ1) is 46.4. The predicted molar refractivity (Wildman–Crippen MR) is 242 cm³/mol. The molecule has 2 N–H and O–H groups in total. The van der Waals surface area contributed by atoms with Crippen LogP contribution >= 0.6 is 23.4 Å². The van der Waals surface area contributed by atoms with Gasteiger partial charge in [-0.2, -0.15) is 13.2 Å². The van der Waals surface area contributed by atoms with Crippen molar-refractivity contribution in [2.24, 2.45) is 0 Å². The fourth-order valence-electron chi connectivity index (χ4n) is 8.61. The minimum Gasteiger partial charge on any atom is -0.380 e. The molecule has 8 rings (SSSR count). The van der Waals surface area contributed by atoms with E-state index in [1.54, 1.807) is 12.1 Å². The number of hydrogen-bond acceptors (Lipinski definition) is 12. The fraction of sp³-hybridized carbons (Fsp3) is 0.400. The second-order valence-electron chi connectivity index (χ2n) is 16.3. The number of fused-ring (bicyclic) bond motifs is 2. The van der Waals surface area contributed by atoms with Gasteiger partial charge in [-0.3, -0.25) is 14.6 Å². The SMILES string of the molecule is O=C(NS(=O)(=O)c1ccc(N[C@H](CCN2CC3CC2CO3)CSc2ccccc2)c(S(=O)(=O)C(F)(F)F)c1)c1ccc(N2CCN(CC3=C(c4ccc(Cl)cc4)CCOC3)CC2)cc1. The van der Waals surface area contributed by atoms with Gasteiger partial charge in [0.25, 0.3) is 25.8 Å². The van der Waals surface area contributed by atoms with Gasteiger partial charge in [0, 0.05) is 84.8 Å². The van der Waals surface area contributed by atoms with Crippen LogP contribution in [-0.2, 0) is 29.3 Å². The molecule has 64 heavy (non-hydrogen) atoms. The fourth-order valence-corrected chi connectivity index (χ4v) is 11.8. The van der Waals surface area contributed by atoms with Gasteiger partial charge in [0.15, 0.2) is 0 Å². The number of alkyl halides is 3. The molecule has 0 radical (unpaired) electrons. The minimum absolute atomic E-state index is 0.0112. The number of anilines is 2. The number of carbonyl (C=O) groups is 1. The number of piperazine rings is 1. The largest absolute Gasteiger partial charge is 0.501 e. The van der Waals surface area contributed by atoms with Crippen LogP contribution in [0.2, 0.25) is 5.02 Å². The molecule has 0 saturated carbocycles. The van der Waals surface area contributed by atoms with Crippen molar-refractivity contribution in [3.63, 3.8) is 0 Å². The van der Waals surface area contributed by atoms with Crippen LogP contribution in [0.3, 0.4) is 0 Å². The van der Waals surface area contributed by atoms with E-state index >= 15 is 0 Å². The number of ether oxygens (including phenoxy) is 2. The Labute approximate surface area is 381 Å². The number of sulfone groups is 1. The number of likely N-dealkylation sites (tertiary alicyclic amines) is 1. The van der Waals surface area contributed by atoms with Crippen LogP contribution in [0.15, 0.2) is 117 Å². The summed E-state index contributed by atoms with van der Waals surface area (Å²) in [5, 5.41) is 3.70. The molecule has 0 aliphatic carbocycles. The summed E-state index contributed by atoms with van der Waals surface area (Å²) in [4.78, 5) is 19.0. The smallest absolute Gasteiger partial charge is 0.380 e. The van der Waals surface area contributed by atoms with Gasteiger partial charge in [0.05, 0.1) is 36.5 Å². The summed E-state index contributed by atoms with van der Waals surface area (Å²) in [6.45, 7) is 6.92. The monoisotopic (exact) mass is 959 g/mol. The van der Waals surface area contributed by atoms with E-state index in [-0.39, 0.29) is 17.7 Å². The molecule has 342 valence electrons. The molecule has 4 aromatic carbocycles. The minimum atomic E-state index is -6.06.